The minimum absolute atomic E-state index is 0.127. The molecule has 1 saturated heterocycles. The number of ether oxygens (including phenoxy) is 1. The lowest BCUT2D eigenvalue weighted by Crippen LogP contribution is -2.54. The topological polar surface area (TPSA) is 75.7 Å². The molecule has 0 bridgehead atoms. The van der Waals surface area contributed by atoms with Crippen molar-refractivity contribution in [3.05, 3.63) is 95.9 Å². The molecule has 0 atom stereocenters. The van der Waals surface area contributed by atoms with Gasteiger partial charge in [0, 0.05) is 4.47 Å². The summed E-state index contributed by atoms with van der Waals surface area (Å²) in [6, 6.07) is 13.7. The molecule has 0 saturated carbocycles. The van der Waals surface area contributed by atoms with Crippen molar-refractivity contribution in [2.24, 2.45) is 0 Å². The van der Waals surface area contributed by atoms with Crippen molar-refractivity contribution < 1.29 is 19.1 Å². The maximum absolute atomic E-state index is 13.0. The minimum atomic E-state index is -0.846. The van der Waals surface area contributed by atoms with Crippen LogP contribution in [0.3, 0.4) is 0 Å². The normalized spacial score (nSPS) is 14.9. The largest absolute Gasteiger partial charge is 0.486 e. The molecule has 1 heterocycles. The molecule has 4 amide bonds. The van der Waals surface area contributed by atoms with Crippen molar-refractivity contribution in [2.75, 3.05) is 4.90 Å². The molecule has 1 fully saturated rings. The van der Waals surface area contributed by atoms with E-state index in [1.54, 1.807) is 42.5 Å². The van der Waals surface area contributed by atoms with Gasteiger partial charge in [0.25, 0.3) is 11.8 Å². The molecular formula is C24H13BrCl4N2O4. The number of imide groups is 2. The number of carbonyl (C=O) groups excluding carboxylic acids is 3. The molecule has 0 spiro atoms. The third-order valence-electron chi connectivity index (χ3n) is 4.89. The molecule has 1 aliphatic heterocycles. The molecule has 1 N–H and O–H groups in total. The first-order valence-corrected chi connectivity index (χ1v) is 12.2. The fourth-order valence-corrected chi connectivity index (χ4v) is 4.43. The van der Waals surface area contributed by atoms with Crippen molar-refractivity contribution in [3.63, 3.8) is 0 Å². The fourth-order valence-electron chi connectivity index (χ4n) is 3.23. The Kier molecular flexibility index (Phi) is 7.73. The predicted molar refractivity (Wildman–Crippen MR) is 140 cm³/mol. The van der Waals surface area contributed by atoms with Crippen LogP contribution < -0.4 is 15.0 Å². The highest BCUT2D eigenvalue weighted by Crippen LogP contribution is 2.36. The van der Waals surface area contributed by atoms with Crippen LogP contribution in [0.1, 0.15) is 11.1 Å². The summed E-state index contributed by atoms with van der Waals surface area (Å²) in [6.45, 7) is 0.127. The van der Waals surface area contributed by atoms with Gasteiger partial charge in [-0.2, -0.15) is 0 Å². The number of barbiturate groups is 1. The maximum Gasteiger partial charge on any atom is 0.335 e. The van der Waals surface area contributed by atoms with E-state index in [0.717, 1.165) is 14.9 Å². The highest BCUT2D eigenvalue weighted by atomic mass is 79.9. The molecule has 3 aromatic carbocycles. The highest BCUT2D eigenvalue weighted by molar-refractivity contribution is 9.10. The van der Waals surface area contributed by atoms with Gasteiger partial charge in [0.2, 0.25) is 0 Å². The standard InChI is InChI=1S/C24H13BrCl4N2O4/c25-14-2-4-15(5-3-14)31-23(33)16(22(32)30-24(31)34)7-13-9-19(28)21(20(29)10-13)35-11-12-1-6-17(26)18(27)8-12/h1-10H,11H2,(H,30,32,34)/b16-7+. The van der Waals surface area contributed by atoms with Crippen LogP contribution in [0.15, 0.2) is 64.6 Å². The van der Waals surface area contributed by atoms with Crippen LogP contribution >= 0.6 is 62.3 Å². The molecule has 11 heteroatoms. The van der Waals surface area contributed by atoms with Gasteiger partial charge in [0.15, 0.2) is 5.75 Å². The number of benzene rings is 3. The molecule has 0 unspecified atom stereocenters. The Balaban J connectivity index is 1.59. The summed E-state index contributed by atoms with van der Waals surface area (Å²) in [7, 11) is 0. The summed E-state index contributed by atoms with van der Waals surface area (Å²) in [5.41, 5.74) is 1.16. The van der Waals surface area contributed by atoms with E-state index >= 15 is 0 Å². The van der Waals surface area contributed by atoms with Crippen molar-refractivity contribution in [1.82, 2.24) is 5.32 Å². The molecular weight excluding hydrogens is 602 g/mol. The van der Waals surface area contributed by atoms with Gasteiger partial charge >= 0.3 is 6.03 Å². The average Bonchev–Trinajstić information content (AvgIpc) is 2.79. The Bertz CT molecular complexity index is 1370. The SMILES string of the molecule is O=C1NC(=O)N(c2ccc(Br)cc2)C(=O)/C1=C/c1cc(Cl)c(OCc2ccc(Cl)c(Cl)c2)c(Cl)c1. The summed E-state index contributed by atoms with van der Waals surface area (Å²) < 4.78 is 6.51. The first-order valence-electron chi connectivity index (χ1n) is 9.87. The van der Waals surface area contributed by atoms with E-state index in [1.807, 2.05) is 0 Å². The monoisotopic (exact) mass is 612 g/mol. The van der Waals surface area contributed by atoms with E-state index < -0.39 is 17.8 Å². The van der Waals surface area contributed by atoms with Gasteiger partial charge in [-0.3, -0.25) is 14.9 Å². The van der Waals surface area contributed by atoms with Crippen LogP contribution in [-0.2, 0) is 16.2 Å². The number of anilines is 1. The number of carbonyl (C=O) groups is 3. The van der Waals surface area contributed by atoms with Crippen LogP contribution in [0, 0.1) is 0 Å². The third kappa shape index (κ3) is 5.66. The van der Waals surface area contributed by atoms with Crippen LogP contribution in [0.2, 0.25) is 20.1 Å². The summed E-state index contributed by atoms with van der Waals surface area (Å²) in [5.74, 6) is -1.40. The number of nitrogens with zero attached hydrogens (tertiary/aromatic N) is 1. The van der Waals surface area contributed by atoms with Crippen molar-refractivity contribution in [2.45, 2.75) is 6.61 Å². The number of hydrogen-bond acceptors (Lipinski definition) is 4. The average molecular weight is 615 g/mol. The Morgan fingerprint density at radius 2 is 1.51 bits per heavy atom. The van der Waals surface area contributed by atoms with Gasteiger partial charge in [-0.15, -0.1) is 0 Å². The highest BCUT2D eigenvalue weighted by Gasteiger charge is 2.36. The van der Waals surface area contributed by atoms with Crippen LogP contribution in [-0.4, -0.2) is 17.8 Å². The molecule has 3 aromatic rings. The van der Waals surface area contributed by atoms with E-state index in [2.05, 4.69) is 21.2 Å². The second kappa shape index (κ2) is 10.6. The first kappa shape index (κ1) is 25.5. The lowest BCUT2D eigenvalue weighted by Gasteiger charge is -2.26. The summed E-state index contributed by atoms with van der Waals surface area (Å²) >= 11 is 28.0. The number of amides is 4. The zero-order chi connectivity index (χ0) is 25.3. The minimum Gasteiger partial charge on any atom is -0.486 e. The van der Waals surface area contributed by atoms with Gasteiger partial charge < -0.3 is 4.74 Å². The molecule has 35 heavy (non-hydrogen) atoms. The van der Waals surface area contributed by atoms with E-state index in [-0.39, 0.29) is 28.0 Å². The van der Waals surface area contributed by atoms with Crippen LogP contribution in [0.25, 0.3) is 6.08 Å². The zero-order valence-corrected chi connectivity index (χ0v) is 22.1. The maximum atomic E-state index is 13.0. The molecule has 6 nitrogen and oxygen atoms in total. The third-order valence-corrected chi connectivity index (χ3v) is 6.71. The number of urea groups is 1. The Morgan fingerprint density at radius 1 is 0.857 bits per heavy atom. The zero-order valence-electron chi connectivity index (χ0n) is 17.5. The van der Waals surface area contributed by atoms with Gasteiger partial charge in [0.05, 0.1) is 25.8 Å². The second-order valence-corrected chi connectivity index (χ2v) is 9.83. The fraction of sp³-hybridized carbons (Fsp3) is 0.0417. The number of halogens is 5. The van der Waals surface area contributed by atoms with Crippen molar-refractivity contribution in [1.29, 1.82) is 0 Å². The van der Waals surface area contributed by atoms with Gasteiger partial charge in [0.1, 0.15) is 12.2 Å². The molecule has 1 aliphatic rings. The van der Waals surface area contributed by atoms with E-state index in [0.29, 0.717) is 21.3 Å². The molecule has 0 aliphatic carbocycles. The lowest BCUT2D eigenvalue weighted by atomic mass is 10.1. The van der Waals surface area contributed by atoms with Gasteiger partial charge in [-0.05, 0) is 65.7 Å². The van der Waals surface area contributed by atoms with Crippen molar-refractivity contribution in [3.8, 4) is 5.75 Å². The first-order chi connectivity index (χ1) is 16.6. The summed E-state index contributed by atoms with van der Waals surface area (Å²) in [5, 5.41) is 3.30. The smallest absolute Gasteiger partial charge is 0.335 e. The molecule has 0 radical (unpaired) electrons. The summed E-state index contributed by atoms with van der Waals surface area (Å²) in [4.78, 5) is 38.7. The second-order valence-electron chi connectivity index (χ2n) is 7.29. The van der Waals surface area contributed by atoms with Crippen LogP contribution in [0.4, 0.5) is 10.5 Å². The predicted octanol–water partition coefficient (Wildman–Crippen LogP) is 7.31. The number of nitrogens with one attached hydrogen (secondary N) is 1. The van der Waals surface area contributed by atoms with Gasteiger partial charge in [-0.1, -0.05) is 68.4 Å². The van der Waals surface area contributed by atoms with E-state index in [4.69, 9.17) is 51.1 Å². The number of rotatable bonds is 5. The van der Waals surface area contributed by atoms with E-state index in [9.17, 15) is 14.4 Å². The lowest BCUT2D eigenvalue weighted by molar-refractivity contribution is -0.122. The van der Waals surface area contributed by atoms with Crippen molar-refractivity contribution >= 4 is 91.9 Å². The van der Waals surface area contributed by atoms with Gasteiger partial charge in [-0.25, -0.2) is 9.69 Å². The number of hydrogen-bond donors (Lipinski definition) is 1. The Labute approximate surface area is 228 Å². The molecule has 178 valence electrons. The Hall–Kier alpha value is -2.55. The Morgan fingerprint density at radius 3 is 2.14 bits per heavy atom. The van der Waals surface area contributed by atoms with Crippen LogP contribution in [0.5, 0.6) is 5.75 Å². The molecule has 0 aromatic heterocycles. The quantitative estimate of drug-likeness (QED) is 0.242. The summed E-state index contributed by atoms with van der Waals surface area (Å²) in [6.07, 6.45) is 1.30. The van der Waals surface area contributed by atoms with E-state index in [1.165, 1.54) is 18.2 Å². The molecule has 4 rings (SSSR count).